The lowest BCUT2D eigenvalue weighted by molar-refractivity contribution is -0.124. The molecule has 0 aliphatic carbocycles. The van der Waals surface area contributed by atoms with E-state index < -0.39 is 24.3 Å². The van der Waals surface area contributed by atoms with Crippen LogP contribution >= 0.6 is 23.2 Å². The Hall–Kier alpha value is -2.11. The average Bonchev–Trinajstić information content (AvgIpc) is 2.55. The summed E-state index contributed by atoms with van der Waals surface area (Å²) in [6.45, 7) is 1.32. The summed E-state index contributed by atoms with van der Waals surface area (Å²) in [5.74, 6) is -1.63. The first kappa shape index (κ1) is 18.2. The van der Waals surface area contributed by atoms with Gasteiger partial charge in [0.2, 0.25) is 0 Å². The van der Waals surface area contributed by atoms with Crippen LogP contribution in [0.3, 0.4) is 0 Å². The Kier molecular flexibility index (Phi) is 6.17. The van der Waals surface area contributed by atoms with Crippen LogP contribution in [0.2, 0.25) is 10.0 Å². The molecule has 1 atom stereocenters. The van der Waals surface area contributed by atoms with E-state index in [2.05, 4.69) is 5.32 Å². The van der Waals surface area contributed by atoms with Crippen molar-refractivity contribution in [3.63, 3.8) is 0 Å². The van der Waals surface area contributed by atoms with Gasteiger partial charge in [0.1, 0.15) is 5.82 Å². The van der Waals surface area contributed by atoms with Gasteiger partial charge < -0.3 is 10.1 Å². The minimum Gasteiger partial charge on any atom is -0.452 e. The van der Waals surface area contributed by atoms with E-state index in [0.717, 1.165) is 17.7 Å². The molecule has 1 N–H and O–H groups in total. The van der Waals surface area contributed by atoms with Gasteiger partial charge in [-0.15, -0.1) is 0 Å². The van der Waals surface area contributed by atoms with Crippen LogP contribution in [0.1, 0.15) is 28.9 Å². The number of amides is 1. The zero-order valence-corrected chi connectivity index (χ0v) is 14.2. The minimum absolute atomic E-state index is 0.168. The van der Waals surface area contributed by atoms with Gasteiger partial charge in [-0.2, -0.15) is 0 Å². The van der Waals surface area contributed by atoms with E-state index in [9.17, 15) is 14.0 Å². The van der Waals surface area contributed by atoms with E-state index in [1.807, 2.05) is 0 Å². The second kappa shape index (κ2) is 8.13. The van der Waals surface area contributed by atoms with E-state index in [1.165, 1.54) is 12.1 Å². The fourth-order valence-electron chi connectivity index (χ4n) is 1.95. The first-order chi connectivity index (χ1) is 11.4. The third-order valence-corrected chi connectivity index (χ3v) is 3.97. The standard InChI is InChI=1S/C17H14Cl2FNO3/c1-10(12-4-7-14(18)15(19)8-12)21-16(22)9-24-17(23)11-2-5-13(20)6-3-11/h2-8,10H,9H2,1H3,(H,21,22)/t10-/m0/s1. The minimum atomic E-state index is -0.702. The summed E-state index contributed by atoms with van der Waals surface area (Å²) in [7, 11) is 0. The smallest absolute Gasteiger partial charge is 0.338 e. The lowest BCUT2D eigenvalue weighted by atomic mass is 10.1. The molecule has 24 heavy (non-hydrogen) atoms. The van der Waals surface area contributed by atoms with Crippen molar-refractivity contribution in [3.8, 4) is 0 Å². The SMILES string of the molecule is C[C@H](NC(=O)COC(=O)c1ccc(F)cc1)c1ccc(Cl)c(Cl)c1. The van der Waals surface area contributed by atoms with Crippen molar-refractivity contribution in [3.05, 3.63) is 69.5 Å². The van der Waals surface area contributed by atoms with Gasteiger partial charge in [0.15, 0.2) is 6.61 Å². The maximum absolute atomic E-state index is 12.8. The molecule has 7 heteroatoms. The fraction of sp³-hybridized carbons (Fsp3) is 0.176. The number of hydrogen-bond acceptors (Lipinski definition) is 3. The quantitative estimate of drug-likeness (QED) is 0.804. The predicted molar refractivity (Wildman–Crippen MR) is 89.7 cm³/mol. The van der Waals surface area contributed by atoms with E-state index in [1.54, 1.807) is 25.1 Å². The van der Waals surface area contributed by atoms with Crippen molar-refractivity contribution in [2.45, 2.75) is 13.0 Å². The van der Waals surface area contributed by atoms with E-state index in [0.29, 0.717) is 10.0 Å². The van der Waals surface area contributed by atoms with Gasteiger partial charge in [0.25, 0.3) is 5.91 Å². The Morgan fingerprint density at radius 2 is 1.79 bits per heavy atom. The Morgan fingerprint density at radius 1 is 1.12 bits per heavy atom. The first-order valence-corrected chi connectivity index (χ1v) is 7.79. The van der Waals surface area contributed by atoms with Crippen molar-refractivity contribution < 1.29 is 18.7 Å². The monoisotopic (exact) mass is 369 g/mol. The summed E-state index contributed by atoms with van der Waals surface area (Å²) in [5, 5.41) is 3.49. The summed E-state index contributed by atoms with van der Waals surface area (Å²) < 4.78 is 17.7. The topological polar surface area (TPSA) is 55.4 Å². The van der Waals surface area contributed by atoms with E-state index in [4.69, 9.17) is 27.9 Å². The van der Waals surface area contributed by atoms with Crippen molar-refractivity contribution >= 4 is 35.1 Å². The highest BCUT2D eigenvalue weighted by Gasteiger charge is 2.14. The van der Waals surface area contributed by atoms with Gasteiger partial charge in [-0.25, -0.2) is 9.18 Å². The van der Waals surface area contributed by atoms with Gasteiger partial charge in [0, 0.05) is 0 Å². The van der Waals surface area contributed by atoms with Gasteiger partial charge in [-0.05, 0) is 48.9 Å². The molecule has 0 aromatic heterocycles. The van der Waals surface area contributed by atoms with Crippen molar-refractivity contribution in [1.29, 1.82) is 0 Å². The molecule has 2 aromatic rings. The molecule has 0 heterocycles. The van der Waals surface area contributed by atoms with Gasteiger partial charge in [0.05, 0.1) is 21.7 Å². The average molecular weight is 370 g/mol. The molecule has 0 aliphatic heterocycles. The van der Waals surface area contributed by atoms with E-state index in [-0.39, 0.29) is 11.6 Å². The maximum atomic E-state index is 12.8. The molecule has 126 valence electrons. The van der Waals surface area contributed by atoms with Crippen LogP contribution in [0.5, 0.6) is 0 Å². The first-order valence-electron chi connectivity index (χ1n) is 7.04. The summed E-state index contributed by atoms with van der Waals surface area (Å²) >= 11 is 11.8. The fourth-order valence-corrected chi connectivity index (χ4v) is 2.26. The summed E-state index contributed by atoms with van der Waals surface area (Å²) in [4.78, 5) is 23.6. The van der Waals surface area contributed by atoms with Crippen LogP contribution in [0.4, 0.5) is 4.39 Å². The van der Waals surface area contributed by atoms with Crippen molar-refractivity contribution in [1.82, 2.24) is 5.32 Å². The van der Waals surface area contributed by atoms with Gasteiger partial charge in [-0.3, -0.25) is 4.79 Å². The molecule has 0 bridgehead atoms. The van der Waals surface area contributed by atoms with Crippen LogP contribution in [0.15, 0.2) is 42.5 Å². The molecule has 1 amide bonds. The molecule has 0 saturated heterocycles. The summed E-state index contributed by atoms with van der Waals surface area (Å²) in [6, 6.07) is 9.55. The summed E-state index contributed by atoms with van der Waals surface area (Å²) in [6.07, 6.45) is 0. The number of carbonyl (C=O) groups excluding carboxylic acids is 2. The third-order valence-electron chi connectivity index (χ3n) is 3.24. The highest BCUT2D eigenvalue weighted by molar-refractivity contribution is 6.42. The molecule has 4 nitrogen and oxygen atoms in total. The molecule has 0 saturated carbocycles. The van der Waals surface area contributed by atoms with Gasteiger partial charge in [-0.1, -0.05) is 29.3 Å². The number of rotatable bonds is 5. The molecule has 0 radical (unpaired) electrons. The Labute approximate surface area is 148 Å². The molecule has 2 aromatic carbocycles. The maximum Gasteiger partial charge on any atom is 0.338 e. The number of hydrogen-bond donors (Lipinski definition) is 1. The zero-order valence-electron chi connectivity index (χ0n) is 12.7. The molecule has 0 aliphatic rings. The molecule has 2 rings (SSSR count). The number of carbonyl (C=O) groups is 2. The van der Waals surface area contributed by atoms with Crippen LogP contribution in [-0.2, 0) is 9.53 Å². The van der Waals surface area contributed by atoms with Crippen molar-refractivity contribution in [2.24, 2.45) is 0 Å². The zero-order chi connectivity index (χ0) is 17.7. The lowest BCUT2D eigenvalue weighted by Crippen LogP contribution is -2.31. The number of benzene rings is 2. The summed E-state index contributed by atoms with van der Waals surface area (Å²) in [5.41, 5.74) is 0.935. The van der Waals surface area contributed by atoms with Crippen LogP contribution in [0.25, 0.3) is 0 Å². The highest BCUT2D eigenvalue weighted by atomic mass is 35.5. The van der Waals surface area contributed by atoms with Crippen LogP contribution < -0.4 is 5.32 Å². The number of halogens is 3. The molecule has 0 spiro atoms. The second-order valence-corrected chi connectivity index (χ2v) is 5.86. The number of ether oxygens (including phenoxy) is 1. The van der Waals surface area contributed by atoms with Gasteiger partial charge >= 0.3 is 5.97 Å². The van der Waals surface area contributed by atoms with E-state index >= 15 is 0 Å². The number of esters is 1. The van der Waals surface area contributed by atoms with Crippen molar-refractivity contribution in [2.75, 3.05) is 6.61 Å². The highest BCUT2D eigenvalue weighted by Crippen LogP contribution is 2.25. The predicted octanol–water partition coefficient (Wildman–Crippen LogP) is 4.17. The molecular formula is C17H14Cl2FNO3. The molecule has 0 fully saturated rings. The second-order valence-electron chi connectivity index (χ2n) is 5.05. The number of nitrogens with one attached hydrogen (secondary N) is 1. The van der Waals surface area contributed by atoms with Crippen LogP contribution in [-0.4, -0.2) is 18.5 Å². The molecular weight excluding hydrogens is 356 g/mol. The Bertz CT molecular complexity index is 750. The van der Waals surface area contributed by atoms with Crippen LogP contribution in [0, 0.1) is 5.82 Å². The largest absolute Gasteiger partial charge is 0.452 e. The Balaban J connectivity index is 1.87. The molecule has 0 unspecified atom stereocenters. The Morgan fingerprint density at radius 3 is 2.42 bits per heavy atom. The normalized spacial score (nSPS) is 11.7. The lowest BCUT2D eigenvalue weighted by Gasteiger charge is -2.15. The third kappa shape index (κ3) is 4.94.